The lowest BCUT2D eigenvalue weighted by Gasteiger charge is -2.04. The van der Waals surface area contributed by atoms with Crippen LogP contribution < -0.4 is 5.32 Å². The van der Waals surface area contributed by atoms with Crippen molar-refractivity contribution in [3.8, 4) is 0 Å². The number of nitrogens with zero attached hydrogens (tertiary/aromatic N) is 2. The quantitative estimate of drug-likeness (QED) is 0.878. The maximum absolute atomic E-state index is 5.41. The molecule has 0 saturated heterocycles. The van der Waals surface area contributed by atoms with Gasteiger partial charge in [0.15, 0.2) is 5.82 Å². The predicted molar refractivity (Wildman–Crippen MR) is 68.9 cm³/mol. The third-order valence-corrected chi connectivity index (χ3v) is 2.62. The van der Waals surface area contributed by atoms with E-state index in [0.717, 1.165) is 17.9 Å². The Labute approximate surface area is 106 Å². The Morgan fingerprint density at radius 1 is 1.39 bits per heavy atom. The average Bonchev–Trinajstić information content (AvgIpc) is 2.96. The molecule has 18 heavy (non-hydrogen) atoms. The smallest absolute Gasteiger partial charge is 0.250 e. The molecule has 5 heteroatoms. The predicted octanol–water partition coefficient (Wildman–Crippen LogP) is 2.29. The normalized spacial score (nSPS) is 13.3. The molecule has 2 rings (SSSR count). The second-order valence-corrected chi connectivity index (χ2v) is 4.22. The van der Waals surface area contributed by atoms with Gasteiger partial charge in [0.05, 0.1) is 0 Å². The molecule has 1 unspecified atom stereocenters. The van der Waals surface area contributed by atoms with Gasteiger partial charge in [-0.05, 0) is 39.1 Å². The molecule has 5 nitrogen and oxygen atoms in total. The number of hydrogen-bond acceptors (Lipinski definition) is 5. The number of hydrogen-bond donors (Lipinski definition) is 1. The first-order valence-electron chi connectivity index (χ1n) is 5.91. The van der Waals surface area contributed by atoms with Crippen molar-refractivity contribution in [2.45, 2.75) is 26.3 Å². The third kappa shape index (κ3) is 3.30. The zero-order valence-corrected chi connectivity index (χ0v) is 10.8. The summed E-state index contributed by atoms with van der Waals surface area (Å²) in [5, 5.41) is 7.04. The standard InChI is InChI=1S/C13H17N3O2/c1-9(14-3)8-12-15-13(18-16-12)7-6-11-5-4-10(2)17-11/h4-7,9,14H,8H2,1-3H3/b7-6+. The van der Waals surface area contributed by atoms with Crippen LogP contribution in [0.25, 0.3) is 12.2 Å². The van der Waals surface area contributed by atoms with E-state index in [-0.39, 0.29) is 0 Å². The maximum atomic E-state index is 5.41. The van der Waals surface area contributed by atoms with Crippen molar-refractivity contribution in [2.24, 2.45) is 0 Å². The van der Waals surface area contributed by atoms with Crippen LogP contribution in [0.4, 0.5) is 0 Å². The molecule has 0 bridgehead atoms. The van der Waals surface area contributed by atoms with Gasteiger partial charge in [0, 0.05) is 18.5 Å². The highest BCUT2D eigenvalue weighted by Crippen LogP contribution is 2.10. The summed E-state index contributed by atoms with van der Waals surface area (Å²) in [5.41, 5.74) is 0. The number of aryl methyl sites for hydroxylation is 1. The number of furan rings is 1. The molecule has 0 spiro atoms. The van der Waals surface area contributed by atoms with E-state index in [1.54, 1.807) is 6.08 Å². The average molecular weight is 247 g/mol. The molecule has 2 aromatic rings. The second-order valence-electron chi connectivity index (χ2n) is 4.22. The van der Waals surface area contributed by atoms with Gasteiger partial charge in [-0.25, -0.2) is 0 Å². The lowest BCUT2D eigenvalue weighted by atomic mass is 10.2. The van der Waals surface area contributed by atoms with Crippen LogP contribution in [0.1, 0.15) is 30.2 Å². The first-order valence-corrected chi connectivity index (χ1v) is 5.91. The highest BCUT2D eigenvalue weighted by atomic mass is 16.5. The lowest BCUT2D eigenvalue weighted by molar-refractivity contribution is 0.400. The van der Waals surface area contributed by atoms with E-state index in [4.69, 9.17) is 8.94 Å². The van der Waals surface area contributed by atoms with Crippen molar-refractivity contribution in [1.29, 1.82) is 0 Å². The van der Waals surface area contributed by atoms with Crippen LogP contribution in [0.3, 0.4) is 0 Å². The van der Waals surface area contributed by atoms with Crippen LogP contribution in [-0.2, 0) is 6.42 Å². The zero-order valence-electron chi connectivity index (χ0n) is 10.8. The topological polar surface area (TPSA) is 64.1 Å². The van der Waals surface area contributed by atoms with Gasteiger partial charge < -0.3 is 14.3 Å². The van der Waals surface area contributed by atoms with Crippen molar-refractivity contribution in [2.75, 3.05) is 7.05 Å². The minimum Gasteiger partial charge on any atom is -0.462 e. The van der Waals surface area contributed by atoms with Crippen molar-refractivity contribution < 1.29 is 8.94 Å². The Hall–Kier alpha value is -1.88. The van der Waals surface area contributed by atoms with Crippen molar-refractivity contribution in [1.82, 2.24) is 15.5 Å². The van der Waals surface area contributed by atoms with Gasteiger partial charge in [0.1, 0.15) is 11.5 Å². The summed E-state index contributed by atoms with van der Waals surface area (Å²) < 4.78 is 10.5. The summed E-state index contributed by atoms with van der Waals surface area (Å²) >= 11 is 0. The van der Waals surface area contributed by atoms with E-state index in [2.05, 4.69) is 22.4 Å². The summed E-state index contributed by atoms with van der Waals surface area (Å²) in [7, 11) is 1.91. The van der Waals surface area contributed by atoms with E-state index in [1.165, 1.54) is 0 Å². The lowest BCUT2D eigenvalue weighted by Crippen LogP contribution is -2.24. The molecule has 0 saturated carbocycles. The van der Waals surface area contributed by atoms with E-state index >= 15 is 0 Å². The van der Waals surface area contributed by atoms with E-state index < -0.39 is 0 Å². The fraction of sp³-hybridized carbons (Fsp3) is 0.385. The Morgan fingerprint density at radius 3 is 2.89 bits per heavy atom. The first-order chi connectivity index (χ1) is 8.67. The molecule has 96 valence electrons. The highest BCUT2D eigenvalue weighted by molar-refractivity contribution is 5.62. The fourth-order valence-electron chi connectivity index (χ4n) is 1.49. The molecular formula is C13H17N3O2. The van der Waals surface area contributed by atoms with Crippen LogP contribution in [0.5, 0.6) is 0 Å². The first kappa shape index (κ1) is 12.6. The number of aromatic nitrogens is 2. The van der Waals surface area contributed by atoms with E-state index in [0.29, 0.717) is 17.8 Å². The molecular weight excluding hydrogens is 230 g/mol. The summed E-state index contributed by atoms with van der Waals surface area (Å²) in [4.78, 5) is 4.27. The SMILES string of the molecule is CNC(C)Cc1noc(/C=C/c2ccc(C)o2)n1. The zero-order chi connectivity index (χ0) is 13.0. The molecule has 0 amide bonds. The molecule has 2 heterocycles. The van der Waals surface area contributed by atoms with Crippen LogP contribution in [0.15, 0.2) is 21.1 Å². The van der Waals surface area contributed by atoms with Gasteiger partial charge in [-0.3, -0.25) is 0 Å². The molecule has 0 aliphatic heterocycles. The summed E-state index contributed by atoms with van der Waals surface area (Å²) in [6.45, 7) is 3.97. The van der Waals surface area contributed by atoms with E-state index in [9.17, 15) is 0 Å². The minimum absolute atomic E-state index is 0.326. The Balaban J connectivity index is 2.00. The number of nitrogens with one attached hydrogen (secondary N) is 1. The van der Waals surface area contributed by atoms with Gasteiger partial charge in [-0.1, -0.05) is 5.16 Å². The number of rotatable bonds is 5. The van der Waals surface area contributed by atoms with Crippen LogP contribution in [0.2, 0.25) is 0 Å². The van der Waals surface area contributed by atoms with Gasteiger partial charge in [0.25, 0.3) is 5.89 Å². The van der Waals surface area contributed by atoms with Gasteiger partial charge >= 0.3 is 0 Å². The van der Waals surface area contributed by atoms with Crippen molar-refractivity contribution in [3.05, 3.63) is 35.4 Å². The third-order valence-electron chi connectivity index (χ3n) is 2.62. The van der Waals surface area contributed by atoms with Gasteiger partial charge in [-0.2, -0.15) is 4.98 Å². The Bertz CT molecular complexity index is 528. The Kier molecular flexibility index (Phi) is 3.94. The molecule has 2 aromatic heterocycles. The molecule has 0 aliphatic carbocycles. The fourth-order valence-corrected chi connectivity index (χ4v) is 1.49. The summed E-state index contributed by atoms with van der Waals surface area (Å²) in [5.74, 6) is 2.84. The summed E-state index contributed by atoms with van der Waals surface area (Å²) in [6, 6.07) is 4.13. The molecule has 0 aliphatic rings. The molecule has 0 aromatic carbocycles. The monoisotopic (exact) mass is 247 g/mol. The second kappa shape index (κ2) is 5.64. The van der Waals surface area contributed by atoms with Crippen LogP contribution in [-0.4, -0.2) is 23.2 Å². The molecule has 0 radical (unpaired) electrons. The van der Waals surface area contributed by atoms with Crippen molar-refractivity contribution >= 4 is 12.2 Å². The summed E-state index contributed by atoms with van der Waals surface area (Å²) in [6.07, 6.45) is 4.30. The molecule has 1 N–H and O–H groups in total. The molecule has 0 fully saturated rings. The van der Waals surface area contributed by atoms with Crippen molar-refractivity contribution in [3.63, 3.8) is 0 Å². The highest BCUT2D eigenvalue weighted by Gasteiger charge is 2.07. The maximum Gasteiger partial charge on any atom is 0.250 e. The molecule has 1 atom stereocenters. The Morgan fingerprint density at radius 2 is 2.22 bits per heavy atom. The number of likely N-dealkylation sites (N-methyl/N-ethyl adjacent to an activating group) is 1. The van der Waals surface area contributed by atoms with Crippen LogP contribution >= 0.6 is 0 Å². The van der Waals surface area contributed by atoms with Crippen LogP contribution in [0, 0.1) is 6.92 Å². The van der Waals surface area contributed by atoms with Gasteiger partial charge in [0.2, 0.25) is 0 Å². The van der Waals surface area contributed by atoms with E-state index in [1.807, 2.05) is 32.2 Å². The van der Waals surface area contributed by atoms with Gasteiger partial charge in [-0.15, -0.1) is 0 Å². The minimum atomic E-state index is 0.326. The largest absolute Gasteiger partial charge is 0.462 e.